The Morgan fingerprint density at radius 2 is 2.00 bits per heavy atom. The molecule has 1 atom stereocenters. The number of hydrogen-bond donors (Lipinski definition) is 2. The van der Waals surface area contributed by atoms with E-state index in [9.17, 15) is 9.18 Å². The first-order chi connectivity index (χ1) is 10.1. The summed E-state index contributed by atoms with van der Waals surface area (Å²) in [6, 6.07) is 7.98. The quantitative estimate of drug-likeness (QED) is 0.889. The van der Waals surface area contributed by atoms with Gasteiger partial charge in [0.1, 0.15) is 5.82 Å². The molecule has 0 saturated carbocycles. The van der Waals surface area contributed by atoms with E-state index in [0.29, 0.717) is 12.0 Å². The Hall–Kier alpha value is -2.43. The largest absolute Gasteiger partial charge is 0.387 e. The Bertz CT molecular complexity index is 613. The Balaban J connectivity index is 2.00. The van der Waals surface area contributed by atoms with E-state index in [1.807, 2.05) is 6.92 Å². The van der Waals surface area contributed by atoms with Crippen molar-refractivity contribution < 1.29 is 9.18 Å². The fraction of sp³-hybridized carbons (Fsp3) is 0.250. The maximum absolute atomic E-state index is 12.9. The van der Waals surface area contributed by atoms with E-state index in [2.05, 4.69) is 15.6 Å². The summed E-state index contributed by atoms with van der Waals surface area (Å²) in [6.07, 6.45) is 3.80. The van der Waals surface area contributed by atoms with Crippen LogP contribution in [0.15, 0.2) is 42.7 Å². The van der Waals surface area contributed by atoms with Crippen molar-refractivity contribution in [1.29, 1.82) is 0 Å². The molecular formula is C16H18FN3O. The molecule has 0 saturated heterocycles. The predicted octanol–water partition coefficient (Wildman–Crippen LogP) is 2.62. The van der Waals surface area contributed by atoms with Crippen LogP contribution in [0, 0.1) is 5.82 Å². The van der Waals surface area contributed by atoms with E-state index < -0.39 is 0 Å². The monoisotopic (exact) mass is 287 g/mol. The number of halogens is 1. The number of anilines is 1. The van der Waals surface area contributed by atoms with E-state index in [1.165, 1.54) is 18.3 Å². The molecule has 1 heterocycles. The van der Waals surface area contributed by atoms with Gasteiger partial charge in [0.2, 0.25) is 0 Å². The number of nitrogens with one attached hydrogen (secondary N) is 2. The van der Waals surface area contributed by atoms with Gasteiger partial charge in [-0.15, -0.1) is 0 Å². The summed E-state index contributed by atoms with van der Waals surface area (Å²) in [5.74, 6) is -0.438. The molecule has 5 heteroatoms. The van der Waals surface area contributed by atoms with Crippen molar-refractivity contribution in [1.82, 2.24) is 10.3 Å². The van der Waals surface area contributed by atoms with Crippen molar-refractivity contribution in [3.63, 3.8) is 0 Å². The van der Waals surface area contributed by atoms with Crippen LogP contribution in [0.4, 0.5) is 10.1 Å². The lowest BCUT2D eigenvalue weighted by Gasteiger charge is -2.15. The highest BCUT2D eigenvalue weighted by Gasteiger charge is 2.13. The zero-order valence-electron chi connectivity index (χ0n) is 12.1. The fourth-order valence-electron chi connectivity index (χ4n) is 2.12. The molecule has 2 N–H and O–H groups in total. The number of pyridine rings is 1. The van der Waals surface area contributed by atoms with Gasteiger partial charge in [-0.25, -0.2) is 4.39 Å². The zero-order valence-corrected chi connectivity index (χ0v) is 12.1. The minimum atomic E-state index is -0.260. The van der Waals surface area contributed by atoms with Crippen LogP contribution < -0.4 is 10.6 Å². The molecule has 0 radical (unpaired) electrons. The summed E-state index contributed by atoms with van der Waals surface area (Å²) in [4.78, 5) is 16.2. The van der Waals surface area contributed by atoms with Gasteiger partial charge >= 0.3 is 0 Å². The van der Waals surface area contributed by atoms with Crippen molar-refractivity contribution in [3.8, 4) is 0 Å². The third-order valence-electron chi connectivity index (χ3n) is 3.17. The second kappa shape index (κ2) is 6.83. The van der Waals surface area contributed by atoms with Gasteiger partial charge in [0.25, 0.3) is 5.91 Å². The number of carbonyl (C=O) groups is 1. The third-order valence-corrected chi connectivity index (χ3v) is 3.17. The lowest BCUT2D eigenvalue weighted by atomic mass is 10.1. The van der Waals surface area contributed by atoms with Crippen LogP contribution in [-0.4, -0.2) is 24.0 Å². The molecule has 2 aromatic rings. The van der Waals surface area contributed by atoms with Crippen molar-refractivity contribution >= 4 is 11.6 Å². The lowest BCUT2D eigenvalue weighted by molar-refractivity contribution is 0.0940. The number of rotatable bonds is 5. The van der Waals surface area contributed by atoms with Gasteiger partial charge in [0, 0.05) is 31.2 Å². The number of carbonyl (C=O) groups excluding carboxylic acids is 1. The first-order valence-corrected chi connectivity index (χ1v) is 6.77. The van der Waals surface area contributed by atoms with E-state index in [-0.39, 0.29) is 17.8 Å². The molecule has 21 heavy (non-hydrogen) atoms. The van der Waals surface area contributed by atoms with Crippen LogP contribution in [0.25, 0.3) is 0 Å². The molecule has 0 bridgehead atoms. The van der Waals surface area contributed by atoms with Gasteiger partial charge in [-0.3, -0.25) is 9.78 Å². The predicted molar refractivity (Wildman–Crippen MR) is 80.8 cm³/mol. The Morgan fingerprint density at radius 1 is 1.29 bits per heavy atom. The van der Waals surface area contributed by atoms with Crippen molar-refractivity contribution in [2.24, 2.45) is 0 Å². The second-order valence-electron chi connectivity index (χ2n) is 4.88. The lowest BCUT2D eigenvalue weighted by Crippen LogP contribution is -2.34. The molecule has 110 valence electrons. The highest BCUT2D eigenvalue weighted by atomic mass is 19.1. The SMILES string of the molecule is CNc1ccncc1C(=O)NC(C)Cc1ccc(F)cc1. The van der Waals surface area contributed by atoms with Crippen molar-refractivity contribution in [2.45, 2.75) is 19.4 Å². The summed E-state index contributed by atoms with van der Waals surface area (Å²) >= 11 is 0. The van der Waals surface area contributed by atoms with Crippen LogP contribution in [0.3, 0.4) is 0 Å². The Morgan fingerprint density at radius 3 is 2.67 bits per heavy atom. The van der Waals surface area contributed by atoms with Gasteiger partial charge in [-0.05, 0) is 37.1 Å². The molecule has 1 aromatic heterocycles. The number of benzene rings is 1. The summed E-state index contributed by atoms with van der Waals surface area (Å²) < 4.78 is 12.9. The normalized spacial score (nSPS) is 11.8. The number of hydrogen-bond acceptors (Lipinski definition) is 3. The van der Waals surface area contributed by atoms with Crippen LogP contribution >= 0.6 is 0 Å². The average Bonchev–Trinajstić information content (AvgIpc) is 2.49. The summed E-state index contributed by atoms with van der Waals surface area (Å²) in [5.41, 5.74) is 2.21. The third kappa shape index (κ3) is 4.02. The minimum absolute atomic E-state index is 0.0622. The maximum Gasteiger partial charge on any atom is 0.255 e. The number of aromatic nitrogens is 1. The average molecular weight is 287 g/mol. The Labute approximate surface area is 123 Å². The first-order valence-electron chi connectivity index (χ1n) is 6.77. The number of amides is 1. The van der Waals surface area contributed by atoms with Crippen LogP contribution in [0.1, 0.15) is 22.8 Å². The standard InChI is InChI=1S/C16H18FN3O/c1-11(9-12-3-5-13(17)6-4-12)20-16(21)14-10-19-8-7-15(14)18-2/h3-8,10-11H,9H2,1-2H3,(H,18,19)(H,20,21). The van der Waals surface area contributed by atoms with Crippen molar-refractivity contribution in [2.75, 3.05) is 12.4 Å². The smallest absolute Gasteiger partial charge is 0.255 e. The van der Waals surface area contributed by atoms with Crippen molar-refractivity contribution in [3.05, 3.63) is 59.7 Å². The second-order valence-corrected chi connectivity index (χ2v) is 4.88. The van der Waals surface area contributed by atoms with Gasteiger partial charge in [-0.1, -0.05) is 12.1 Å². The molecule has 2 rings (SSSR count). The molecular weight excluding hydrogens is 269 g/mol. The van der Waals surface area contributed by atoms with Crippen LogP contribution in [-0.2, 0) is 6.42 Å². The topological polar surface area (TPSA) is 54.0 Å². The van der Waals surface area contributed by atoms with E-state index in [4.69, 9.17) is 0 Å². The zero-order chi connectivity index (χ0) is 15.2. The van der Waals surface area contributed by atoms with Crippen LogP contribution in [0.5, 0.6) is 0 Å². The molecule has 0 fully saturated rings. The van der Waals surface area contributed by atoms with E-state index >= 15 is 0 Å². The molecule has 0 aliphatic rings. The summed E-state index contributed by atoms with van der Waals surface area (Å²) in [7, 11) is 1.76. The van der Waals surface area contributed by atoms with Gasteiger partial charge in [-0.2, -0.15) is 0 Å². The van der Waals surface area contributed by atoms with Gasteiger partial charge in [0.05, 0.1) is 5.56 Å². The molecule has 0 aliphatic heterocycles. The van der Waals surface area contributed by atoms with E-state index in [0.717, 1.165) is 11.3 Å². The van der Waals surface area contributed by atoms with E-state index in [1.54, 1.807) is 31.4 Å². The maximum atomic E-state index is 12.9. The Kier molecular flexibility index (Phi) is 4.87. The molecule has 1 unspecified atom stereocenters. The number of nitrogens with zero attached hydrogens (tertiary/aromatic N) is 1. The van der Waals surface area contributed by atoms with Gasteiger partial charge < -0.3 is 10.6 Å². The first kappa shape index (κ1) is 15.0. The highest BCUT2D eigenvalue weighted by molar-refractivity contribution is 5.99. The summed E-state index contributed by atoms with van der Waals surface area (Å²) in [5, 5.41) is 5.88. The molecule has 0 aliphatic carbocycles. The highest BCUT2D eigenvalue weighted by Crippen LogP contribution is 2.13. The molecule has 1 amide bonds. The van der Waals surface area contributed by atoms with Crippen LogP contribution in [0.2, 0.25) is 0 Å². The summed E-state index contributed by atoms with van der Waals surface area (Å²) in [6.45, 7) is 1.91. The molecule has 1 aromatic carbocycles. The minimum Gasteiger partial charge on any atom is -0.387 e. The fourth-order valence-corrected chi connectivity index (χ4v) is 2.12. The molecule has 0 spiro atoms. The van der Waals surface area contributed by atoms with Gasteiger partial charge in [0.15, 0.2) is 0 Å². The molecule has 4 nitrogen and oxygen atoms in total.